The summed E-state index contributed by atoms with van der Waals surface area (Å²) >= 11 is 0. The first-order valence-electron chi connectivity index (χ1n) is 15.1. The second kappa shape index (κ2) is 14.3. The van der Waals surface area contributed by atoms with Crippen LogP contribution in [-0.4, -0.2) is 60.3 Å². The predicted molar refractivity (Wildman–Crippen MR) is 169 cm³/mol. The van der Waals surface area contributed by atoms with Gasteiger partial charge in [-0.1, -0.05) is 36.4 Å². The summed E-state index contributed by atoms with van der Waals surface area (Å²) in [7, 11) is 5.47. The van der Waals surface area contributed by atoms with Crippen LogP contribution in [0.2, 0.25) is 0 Å². The molecule has 9 nitrogen and oxygen atoms in total. The van der Waals surface area contributed by atoms with E-state index in [9.17, 15) is 4.91 Å². The smallest absolute Gasteiger partial charge is 0.321 e. The molecule has 2 N–H and O–H groups in total. The molecule has 0 bridgehead atoms. The minimum atomic E-state index is 0.544. The third kappa shape index (κ3) is 7.45. The molecule has 3 aromatic rings. The molecule has 0 spiro atoms. The number of fused-ring (bicyclic) bond motifs is 1. The number of nitrogens with zero attached hydrogens (tertiary/aromatic N) is 5. The Balaban J connectivity index is 1.05. The third-order valence-electron chi connectivity index (χ3n) is 8.35. The normalized spacial score (nSPS) is 17.9. The Hall–Kier alpha value is -3.98. The molecule has 2 aromatic heterocycles. The zero-order chi connectivity index (χ0) is 29.3. The predicted octanol–water partition coefficient (Wildman–Crippen LogP) is 3.94. The number of hydrogen-bond acceptors (Lipinski definition) is 7. The standard InChI is InChI=1S/C33H44N7O2/c1-38(2)32-29-12-5-4-6-13-30(29)36-33(37-32)35-23-26-17-15-25(16-18-26)22-34-20-19-28-11-9-21-39(28)24-27-10-7-8-14-31(27)40(41)42-3/h4,6-14,21,25-26,34H,5,15-20,22-24H2,1-3H3,(H,35,36)/q+1. The van der Waals surface area contributed by atoms with Gasteiger partial charge in [-0.3, -0.25) is 0 Å². The molecule has 0 radical (unpaired) electrons. The molecule has 0 saturated heterocycles. The number of allylic oxidation sites excluding steroid dienone is 2. The molecule has 2 aliphatic carbocycles. The van der Waals surface area contributed by atoms with E-state index in [0.717, 1.165) is 66.3 Å². The van der Waals surface area contributed by atoms with Gasteiger partial charge in [-0.15, -0.1) is 0 Å². The van der Waals surface area contributed by atoms with Gasteiger partial charge in [0.2, 0.25) is 5.95 Å². The molecule has 5 rings (SSSR count). The second-order valence-corrected chi connectivity index (χ2v) is 11.5. The topological polar surface area (TPSA) is 87.3 Å². The molecule has 1 saturated carbocycles. The van der Waals surface area contributed by atoms with Crippen molar-refractivity contribution in [1.82, 2.24) is 19.9 Å². The van der Waals surface area contributed by atoms with Crippen molar-refractivity contribution in [3.8, 4) is 0 Å². The van der Waals surface area contributed by atoms with Gasteiger partial charge in [-0.25, -0.2) is 9.82 Å². The molecule has 9 heteroatoms. The van der Waals surface area contributed by atoms with Crippen molar-refractivity contribution >= 4 is 29.6 Å². The Labute approximate surface area is 248 Å². The van der Waals surface area contributed by atoms with E-state index in [-0.39, 0.29) is 0 Å². The van der Waals surface area contributed by atoms with E-state index in [0.29, 0.717) is 23.1 Å². The molecule has 2 heterocycles. The summed E-state index contributed by atoms with van der Waals surface area (Å²) < 4.78 is 2.21. The van der Waals surface area contributed by atoms with Crippen LogP contribution in [0.25, 0.3) is 12.2 Å². The molecular weight excluding hydrogens is 526 g/mol. The Bertz CT molecular complexity index is 1500. The average molecular weight is 571 g/mol. The summed E-state index contributed by atoms with van der Waals surface area (Å²) in [6, 6.07) is 11.8. The Kier molecular flexibility index (Phi) is 10.0. The lowest BCUT2D eigenvalue weighted by atomic mass is 9.82. The van der Waals surface area contributed by atoms with Crippen molar-refractivity contribution in [2.24, 2.45) is 11.8 Å². The highest BCUT2D eigenvalue weighted by molar-refractivity contribution is 5.53. The maximum atomic E-state index is 12.1. The van der Waals surface area contributed by atoms with Crippen molar-refractivity contribution < 1.29 is 9.76 Å². The number of benzene rings is 1. The number of nitrogens with one attached hydrogen (secondary N) is 2. The van der Waals surface area contributed by atoms with Gasteiger partial charge in [0, 0.05) is 56.8 Å². The fraction of sp³-hybridized carbons (Fsp3) is 0.455. The van der Waals surface area contributed by atoms with E-state index in [2.05, 4.69) is 62.7 Å². The van der Waals surface area contributed by atoms with Crippen molar-refractivity contribution in [3.63, 3.8) is 0 Å². The molecule has 0 unspecified atom stereocenters. The number of rotatable bonds is 13. The van der Waals surface area contributed by atoms with Gasteiger partial charge in [-0.05, 0) is 68.7 Å². The van der Waals surface area contributed by atoms with Crippen LogP contribution in [0.15, 0.2) is 54.7 Å². The van der Waals surface area contributed by atoms with Crippen LogP contribution >= 0.6 is 0 Å². The van der Waals surface area contributed by atoms with Crippen LogP contribution in [-0.2, 0) is 17.8 Å². The van der Waals surface area contributed by atoms with Crippen LogP contribution in [0.4, 0.5) is 17.5 Å². The van der Waals surface area contributed by atoms with Gasteiger partial charge in [0.05, 0.1) is 22.4 Å². The number of para-hydroxylation sites is 1. The van der Waals surface area contributed by atoms with E-state index >= 15 is 0 Å². The first-order valence-corrected chi connectivity index (χ1v) is 15.1. The summed E-state index contributed by atoms with van der Waals surface area (Å²) in [4.78, 5) is 29.3. The zero-order valence-corrected chi connectivity index (χ0v) is 25.1. The Morgan fingerprint density at radius 2 is 1.83 bits per heavy atom. The van der Waals surface area contributed by atoms with Crippen LogP contribution in [0.1, 0.15) is 43.4 Å². The van der Waals surface area contributed by atoms with Crippen molar-refractivity contribution in [1.29, 1.82) is 0 Å². The zero-order valence-electron chi connectivity index (χ0n) is 25.1. The number of hydrogen-bond donors (Lipinski definition) is 2. The molecule has 222 valence electrons. The average Bonchev–Trinajstić information content (AvgIpc) is 3.31. The van der Waals surface area contributed by atoms with Gasteiger partial charge < -0.3 is 20.1 Å². The molecule has 2 aliphatic rings. The quantitative estimate of drug-likeness (QED) is 0.238. The SMILES string of the molecule is CO[N+](=O)c1ccccc1Cn1cccc1CCNCC1CCC(CNc2nc(N(C)C)c3c(n2)=CC=CCC=3)CC1. The minimum absolute atomic E-state index is 0.544. The summed E-state index contributed by atoms with van der Waals surface area (Å²) in [6.07, 6.45) is 17.4. The van der Waals surface area contributed by atoms with E-state index in [4.69, 9.17) is 14.8 Å². The van der Waals surface area contributed by atoms with Crippen LogP contribution < -0.4 is 26.1 Å². The molecular formula is C33H44N7O2+. The highest BCUT2D eigenvalue weighted by Gasteiger charge is 2.22. The van der Waals surface area contributed by atoms with Crippen LogP contribution in [0.5, 0.6) is 0 Å². The first-order chi connectivity index (χ1) is 20.5. The summed E-state index contributed by atoms with van der Waals surface area (Å²) in [5.41, 5.74) is 2.74. The van der Waals surface area contributed by atoms with Crippen LogP contribution in [0, 0.1) is 16.7 Å². The van der Waals surface area contributed by atoms with E-state index < -0.39 is 0 Å². The molecule has 1 fully saturated rings. The molecule has 0 aliphatic heterocycles. The lowest BCUT2D eigenvalue weighted by Gasteiger charge is -2.29. The fourth-order valence-electron chi connectivity index (χ4n) is 5.97. The van der Waals surface area contributed by atoms with Gasteiger partial charge in [0.15, 0.2) is 7.11 Å². The first kappa shape index (κ1) is 29.5. The third-order valence-corrected chi connectivity index (χ3v) is 8.35. The molecule has 0 atom stereocenters. The van der Waals surface area contributed by atoms with Gasteiger partial charge in [0.1, 0.15) is 5.82 Å². The summed E-state index contributed by atoms with van der Waals surface area (Å²) in [5, 5.41) is 9.34. The van der Waals surface area contributed by atoms with E-state index in [1.807, 2.05) is 32.3 Å². The highest BCUT2D eigenvalue weighted by atomic mass is 16.8. The molecule has 1 aromatic carbocycles. The van der Waals surface area contributed by atoms with E-state index in [1.165, 1.54) is 38.5 Å². The highest BCUT2D eigenvalue weighted by Crippen LogP contribution is 2.28. The van der Waals surface area contributed by atoms with Gasteiger partial charge in [0.25, 0.3) is 4.92 Å². The van der Waals surface area contributed by atoms with Crippen molar-refractivity contribution in [2.45, 2.75) is 45.1 Å². The van der Waals surface area contributed by atoms with Crippen LogP contribution in [0.3, 0.4) is 0 Å². The second-order valence-electron chi connectivity index (χ2n) is 11.5. The largest absolute Gasteiger partial charge is 0.362 e. The lowest BCUT2D eigenvalue weighted by molar-refractivity contribution is -0.737. The van der Waals surface area contributed by atoms with Crippen molar-refractivity contribution in [2.75, 3.05) is 51.1 Å². The van der Waals surface area contributed by atoms with Gasteiger partial charge >= 0.3 is 5.69 Å². The van der Waals surface area contributed by atoms with E-state index in [1.54, 1.807) is 6.07 Å². The van der Waals surface area contributed by atoms with Crippen molar-refractivity contribution in [3.05, 3.63) is 81.5 Å². The maximum Gasteiger partial charge on any atom is 0.321 e. The lowest BCUT2D eigenvalue weighted by Crippen LogP contribution is -2.36. The Morgan fingerprint density at radius 3 is 2.62 bits per heavy atom. The molecule has 0 amide bonds. The summed E-state index contributed by atoms with van der Waals surface area (Å²) in [5.74, 6) is 3.06. The molecule has 42 heavy (non-hydrogen) atoms. The fourth-order valence-corrected chi connectivity index (χ4v) is 5.97. The monoisotopic (exact) mass is 570 g/mol. The number of aromatic nitrogens is 3. The Morgan fingerprint density at radius 1 is 1.05 bits per heavy atom. The van der Waals surface area contributed by atoms with Gasteiger partial charge in [-0.2, -0.15) is 4.98 Å². The summed E-state index contributed by atoms with van der Waals surface area (Å²) in [6.45, 7) is 3.55. The number of anilines is 2. The minimum Gasteiger partial charge on any atom is -0.362 e. The maximum absolute atomic E-state index is 12.1.